The quantitative estimate of drug-likeness (QED) is 0.671. The number of hydrogen-bond acceptors (Lipinski definition) is 3. The fraction of sp³-hybridized carbons (Fsp3) is 0.538. The van der Waals surface area contributed by atoms with Crippen LogP contribution in [0.1, 0.15) is 43.2 Å². The summed E-state index contributed by atoms with van der Waals surface area (Å²) in [5.74, 6) is -0.549. The number of aryl methyl sites for hydroxylation is 1. The van der Waals surface area contributed by atoms with Crippen LogP contribution < -0.4 is 5.43 Å². The number of carbonyl (C=O) groups excluding carboxylic acids is 1. The Bertz CT molecular complexity index is 569. The number of aromatic nitrogens is 1. The van der Waals surface area contributed by atoms with Gasteiger partial charge in [-0.2, -0.15) is 0 Å². The van der Waals surface area contributed by atoms with E-state index in [-0.39, 0.29) is 28.6 Å². The summed E-state index contributed by atoms with van der Waals surface area (Å²) in [4.78, 5) is 23.8. The van der Waals surface area contributed by atoms with Crippen molar-refractivity contribution in [3.63, 3.8) is 0 Å². The molecule has 0 spiro atoms. The van der Waals surface area contributed by atoms with Gasteiger partial charge in [0.05, 0.1) is 11.3 Å². The maximum atomic E-state index is 12.0. The van der Waals surface area contributed by atoms with E-state index >= 15 is 0 Å². The molecule has 0 saturated heterocycles. The van der Waals surface area contributed by atoms with Gasteiger partial charge in [0.1, 0.15) is 0 Å². The maximum absolute atomic E-state index is 12.0. The zero-order chi connectivity index (χ0) is 14.8. The normalized spacial score (nSPS) is 13.3. The van der Waals surface area contributed by atoms with Crippen molar-refractivity contribution in [2.24, 2.45) is 7.05 Å². The molecule has 0 amide bonds. The first kappa shape index (κ1) is 15.8. The number of ketones is 1. The van der Waals surface area contributed by atoms with E-state index < -0.39 is 16.9 Å². The monoisotopic (exact) mass is 285 g/mol. The van der Waals surface area contributed by atoms with Crippen molar-refractivity contribution in [3.8, 4) is 0 Å². The Morgan fingerprint density at radius 1 is 1.42 bits per heavy atom. The molecule has 1 atom stereocenters. The lowest BCUT2D eigenvalue weighted by molar-refractivity contribution is 0.0986. The Hall–Kier alpha value is -1.27. The molecule has 0 aliphatic heterocycles. The number of hydrogen-bond donors (Lipinski definition) is 1. The molecular weight excluding hydrogens is 266 g/mol. The molecule has 1 rings (SSSR count). The topological polar surface area (TPSA) is 76.4 Å². The Balaban J connectivity index is 3.13. The summed E-state index contributed by atoms with van der Waals surface area (Å²) in [5.41, 5.74) is 0.375. The van der Waals surface area contributed by atoms with E-state index in [9.17, 15) is 13.8 Å². The highest BCUT2D eigenvalue weighted by atomic mass is 32.2. The van der Waals surface area contributed by atoms with Crippen molar-refractivity contribution in [1.82, 2.24) is 4.57 Å². The Morgan fingerprint density at radius 3 is 2.47 bits per heavy atom. The van der Waals surface area contributed by atoms with E-state index in [0.29, 0.717) is 0 Å². The van der Waals surface area contributed by atoms with Gasteiger partial charge in [0.2, 0.25) is 0 Å². The number of rotatable bonds is 4. The second-order valence-electron chi connectivity index (χ2n) is 5.50. The molecule has 6 heteroatoms. The second kappa shape index (κ2) is 5.79. The molecule has 106 valence electrons. The lowest BCUT2D eigenvalue weighted by atomic mass is 9.90. The van der Waals surface area contributed by atoms with Crippen LogP contribution in [0.3, 0.4) is 0 Å². The van der Waals surface area contributed by atoms with Crippen LogP contribution in [0, 0.1) is 0 Å². The standard InChI is InChI=1S/C13H19NO4S/c1-13(2,3)12-7-11(16)9(8-14(12)4)10(15)5-6-19(17)18/h7-8H,5-6H2,1-4H3,(H,17,18). The molecule has 0 aliphatic carbocycles. The zero-order valence-electron chi connectivity index (χ0n) is 11.6. The highest BCUT2D eigenvalue weighted by molar-refractivity contribution is 7.79. The van der Waals surface area contributed by atoms with Crippen LogP contribution in [0.5, 0.6) is 0 Å². The van der Waals surface area contributed by atoms with Crippen LogP contribution in [0.2, 0.25) is 0 Å². The Labute approximate surface area is 114 Å². The van der Waals surface area contributed by atoms with E-state index in [2.05, 4.69) is 0 Å². The van der Waals surface area contributed by atoms with Gasteiger partial charge in [-0.1, -0.05) is 20.8 Å². The lowest BCUT2D eigenvalue weighted by Gasteiger charge is -2.22. The third-order valence-electron chi connectivity index (χ3n) is 2.81. The third-order valence-corrected chi connectivity index (χ3v) is 3.36. The van der Waals surface area contributed by atoms with E-state index in [1.165, 1.54) is 12.3 Å². The van der Waals surface area contributed by atoms with Crippen molar-refractivity contribution in [3.05, 3.63) is 33.7 Å². The van der Waals surface area contributed by atoms with Gasteiger partial charge in [-0.3, -0.25) is 9.59 Å². The molecule has 1 aromatic rings. The van der Waals surface area contributed by atoms with Gasteiger partial charge in [0.15, 0.2) is 22.3 Å². The number of pyridine rings is 1. The maximum Gasteiger partial charge on any atom is 0.192 e. The van der Waals surface area contributed by atoms with Crippen LogP contribution >= 0.6 is 0 Å². The first-order chi connectivity index (χ1) is 8.62. The van der Waals surface area contributed by atoms with Gasteiger partial charge >= 0.3 is 0 Å². The van der Waals surface area contributed by atoms with Gasteiger partial charge in [-0.05, 0) is 0 Å². The molecule has 0 saturated carbocycles. The summed E-state index contributed by atoms with van der Waals surface area (Å²) in [5, 5.41) is 0. The van der Waals surface area contributed by atoms with Crippen LogP contribution in [0.4, 0.5) is 0 Å². The van der Waals surface area contributed by atoms with E-state index in [1.807, 2.05) is 20.8 Å². The lowest BCUT2D eigenvalue weighted by Crippen LogP contribution is -2.25. The average Bonchev–Trinajstić information content (AvgIpc) is 2.27. The van der Waals surface area contributed by atoms with Crippen molar-refractivity contribution >= 4 is 16.9 Å². The second-order valence-corrected chi connectivity index (χ2v) is 6.55. The molecule has 0 aromatic carbocycles. The van der Waals surface area contributed by atoms with Crippen LogP contribution in [0.15, 0.2) is 17.1 Å². The smallest absolute Gasteiger partial charge is 0.192 e. The predicted molar refractivity (Wildman–Crippen MR) is 75.0 cm³/mol. The zero-order valence-corrected chi connectivity index (χ0v) is 12.4. The van der Waals surface area contributed by atoms with Crippen molar-refractivity contribution in [2.45, 2.75) is 32.6 Å². The van der Waals surface area contributed by atoms with Crippen molar-refractivity contribution in [2.75, 3.05) is 5.75 Å². The third kappa shape index (κ3) is 4.11. The minimum atomic E-state index is -2.02. The summed E-state index contributed by atoms with van der Waals surface area (Å²) >= 11 is -2.02. The fourth-order valence-corrected chi connectivity index (χ4v) is 2.26. The van der Waals surface area contributed by atoms with Gasteiger partial charge in [-0.15, -0.1) is 0 Å². The fourth-order valence-electron chi connectivity index (χ4n) is 1.90. The minimum Gasteiger partial charge on any atom is -0.353 e. The molecular formula is C13H19NO4S. The summed E-state index contributed by atoms with van der Waals surface area (Å²) < 4.78 is 21.0. The van der Waals surface area contributed by atoms with Crippen molar-refractivity contribution < 1.29 is 13.6 Å². The van der Waals surface area contributed by atoms with E-state index in [1.54, 1.807) is 11.6 Å². The molecule has 0 fully saturated rings. The molecule has 5 nitrogen and oxygen atoms in total. The van der Waals surface area contributed by atoms with Gasteiger partial charge in [-0.25, -0.2) is 4.21 Å². The molecule has 1 unspecified atom stereocenters. The Morgan fingerprint density at radius 2 is 2.00 bits per heavy atom. The summed E-state index contributed by atoms with van der Waals surface area (Å²) in [6.45, 7) is 5.95. The van der Waals surface area contributed by atoms with Gasteiger partial charge in [0, 0.05) is 36.8 Å². The molecule has 0 radical (unpaired) electrons. The van der Waals surface area contributed by atoms with Gasteiger partial charge < -0.3 is 9.12 Å². The van der Waals surface area contributed by atoms with Crippen LogP contribution in [-0.4, -0.2) is 24.9 Å². The van der Waals surface area contributed by atoms with Crippen LogP contribution in [-0.2, 0) is 23.5 Å². The minimum absolute atomic E-state index is 0.0703. The first-order valence-electron chi connectivity index (χ1n) is 5.94. The molecule has 1 heterocycles. The van der Waals surface area contributed by atoms with Crippen molar-refractivity contribution in [1.29, 1.82) is 0 Å². The largest absolute Gasteiger partial charge is 0.353 e. The number of Topliss-reactive ketones (excluding diaryl/α,β-unsaturated/α-hetero) is 1. The predicted octanol–water partition coefficient (Wildman–Crippen LogP) is 1.48. The van der Waals surface area contributed by atoms with E-state index in [0.717, 1.165) is 5.69 Å². The summed E-state index contributed by atoms with van der Waals surface area (Å²) in [6, 6.07) is 1.46. The summed E-state index contributed by atoms with van der Waals surface area (Å²) in [6.07, 6.45) is 1.40. The molecule has 1 N–H and O–H groups in total. The first-order valence-corrected chi connectivity index (χ1v) is 7.22. The SMILES string of the molecule is Cn1cc(C(=O)CCS(=O)O)c(=O)cc1C(C)(C)C. The molecule has 0 aliphatic rings. The molecule has 0 bridgehead atoms. The van der Waals surface area contributed by atoms with E-state index in [4.69, 9.17) is 4.55 Å². The molecule has 19 heavy (non-hydrogen) atoms. The van der Waals surface area contributed by atoms with Crippen LogP contribution in [0.25, 0.3) is 0 Å². The highest BCUT2D eigenvalue weighted by Gasteiger charge is 2.20. The number of nitrogens with zero attached hydrogens (tertiary/aromatic N) is 1. The van der Waals surface area contributed by atoms with Gasteiger partial charge in [0.25, 0.3) is 0 Å². The number of carbonyl (C=O) groups is 1. The summed E-state index contributed by atoms with van der Waals surface area (Å²) in [7, 11) is 1.78. The Kier molecular flexibility index (Phi) is 4.81. The average molecular weight is 285 g/mol. The highest BCUT2D eigenvalue weighted by Crippen LogP contribution is 2.20. The molecule has 1 aromatic heterocycles.